The molecule has 1 unspecified atom stereocenters. The fourth-order valence-corrected chi connectivity index (χ4v) is 3.90. The van der Waals surface area contributed by atoms with Crippen molar-refractivity contribution in [3.05, 3.63) is 54.1 Å². The number of benzene rings is 1. The molecule has 0 aliphatic carbocycles. The van der Waals surface area contributed by atoms with Gasteiger partial charge in [-0.1, -0.05) is 28.1 Å². The van der Waals surface area contributed by atoms with E-state index in [1.165, 1.54) is 10.4 Å². The Morgan fingerprint density at radius 1 is 1.12 bits per heavy atom. The molecule has 90 valence electrons. The Morgan fingerprint density at radius 3 is 2.35 bits per heavy atom. The van der Waals surface area contributed by atoms with E-state index in [4.69, 9.17) is 0 Å². The Bertz CT molecular complexity index is 548. The molecule has 17 heavy (non-hydrogen) atoms. The third kappa shape index (κ3) is 2.81. The lowest BCUT2D eigenvalue weighted by atomic mass is 10.1. The van der Waals surface area contributed by atoms with Gasteiger partial charge in [0, 0.05) is 13.8 Å². The zero-order chi connectivity index (χ0) is 12.6. The van der Waals surface area contributed by atoms with Gasteiger partial charge in [0.25, 0.3) is 0 Å². The van der Waals surface area contributed by atoms with E-state index in [-0.39, 0.29) is 0 Å². The molecule has 2 aromatic rings. The number of hydrogen-bond acceptors (Lipinski definition) is 2. The highest BCUT2D eigenvalue weighted by Gasteiger charge is 2.16. The maximum absolute atomic E-state index is 10.4. The standard InChI is InChI=1S/C13H12Br2OS/c1-7-3-4-9(6-10(7)14)12(16)13-11(15)5-8(2)17-13/h3-6,12,16H,1-2H3. The lowest BCUT2D eigenvalue weighted by molar-refractivity contribution is 0.223. The van der Waals surface area contributed by atoms with E-state index in [9.17, 15) is 5.11 Å². The third-order valence-electron chi connectivity index (χ3n) is 2.60. The molecule has 1 aromatic heterocycles. The Kier molecular flexibility index (Phi) is 4.08. The normalized spacial score (nSPS) is 12.8. The van der Waals surface area contributed by atoms with E-state index >= 15 is 0 Å². The molecule has 0 saturated carbocycles. The third-order valence-corrected chi connectivity index (χ3v) is 5.47. The van der Waals surface area contributed by atoms with Crippen LogP contribution in [0.3, 0.4) is 0 Å². The van der Waals surface area contributed by atoms with Crippen LogP contribution in [-0.2, 0) is 0 Å². The molecule has 1 heterocycles. The van der Waals surface area contributed by atoms with Crippen molar-refractivity contribution in [1.29, 1.82) is 0 Å². The SMILES string of the molecule is Cc1cc(Br)c(C(O)c2ccc(C)c(Br)c2)s1. The molecule has 1 nitrogen and oxygen atoms in total. The van der Waals surface area contributed by atoms with E-state index in [1.807, 2.05) is 38.1 Å². The maximum atomic E-state index is 10.4. The van der Waals surface area contributed by atoms with Gasteiger partial charge in [-0.15, -0.1) is 11.3 Å². The van der Waals surface area contributed by atoms with E-state index < -0.39 is 6.10 Å². The largest absolute Gasteiger partial charge is 0.383 e. The number of rotatable bonds is 2. The predicted octanol–water partition coefficient (Wildman–Crippen LogP) is 4.97. The Balaban J connectivity index is 2.40. The van der Waals surface area contributed by atoms with Gasteiger partial charge in [0.2, 0.25) is 0 Å². The van der Waals surface area contributed by atoms with Gasteiger partial charge in [0.1, 0.15) is 6.10 Å². The summed E-state index contributed by atoms with van der Waals surface area (Å²) in [7, 11) is 0. The van der Waals surface area contributed by atoms with Crippen molar-refractivity contribution >= 4 is 43.2 Å². The second-order valence-electron chi connectivity index (χ2n) is 3.98. The first kappa shape index (κ1) is 13.3. The average molecular weight is 376 g/mol. The van der Waals surface area contributed by atoms with Crippen LogP contribution in [0.5, 0.6) is 0 Å². The van der Waals surface area contributed by atoms with Gasteiger partial charge >= 0.3 is 0 Å². The average Bonchev–Trinajstić information content (AvgIpc) is 2.61. The zero-order valence-corrected chi connectivity index (χ0v) is 13.5. The number of halogens is 2. The van der Waals surface area contributed by atoms with Crippen molar-refractivity contribution in [2.45, 2.75) is 20.0 Å². The summed E-state index contributed by atoms with van der Waals surface area (Å²) in [5, 5.41) is 10.4. The molecule has 2 rings (SSSR count). The van der Waals surface area contributed by atoms with Gasteiger partial charge in [-0.05, 0) is 53.0 Å². The van der Waals surface area contributed by atoms with Crippen molar-refractivity contribution in [2.75, 3.05) is 0 Å². The van der Waals surface area contributed by atoms with Gasteiger partial charge < -0.3 is 5.11 Å². The number of aryl methyl sites for hydroxylation is 2. The first-order valence-electron chi connectivity index (χ1n) is 5.19. The van der Waals surface area contributed by atoms with Crippen molar-refractivity contribution in [3.63, 3.8) is 0 Å². The molecule has 0 saturated heterocycles. The summed E-state index contributed by atoms with van der Waals surface area (Å²) in [5.41, 5.74) is 2.08. The zero-order valence-electron chi connectivity index (χ0n) is 9.50. The minimum absolute atomic E-state index is 0.569. The summed E-state index contributed by atoms with van der Waals surface area (Å²) in [5.74, 6) is 0. The molecule has 0 aliphatic heterocycles. The van der Waals surface area contributed by atoms with Crippen LogP contribution in [0.25, 0.3) is 0 Å². The molecule has 1 N–H and O–H groups in total. The quantitative estimate of drug-likeness (QED) is 0.785. The lowest BCUT2D eigenvalue weighted by Gasteiger charge is -2.11. The molecule has 4 heteroatoms. The maximum Gasteiger partial charge on any atom is 0.114 e. The Morgan fingerprint density at radius 2 is 1.82 bits per heavy atom. The van der Waals surface area contributed by atoms with E-state index in [0.717, 1.165) is 19.4 Å². The monoisotopic (exact) mass is 374 g/mol. The second-order valence-corrected chi connectivity index (χ2v) is 6.98. The first-order chi connectivity index (χ1) is 7.99. The molecular weight excluding hydrogens is 364 g/mol. The van der Waals surface area contributed by atoms with Gasteiger partial charge in [0.15, 0.2) is 0 Å². The van der Waals surface area contributed by atoms with Crippen LogP contribution >= 0.6 is 43.2 Å². The Labute approximate surface area is 122 Å². The Hall–Kier alpha value is -0.160. The summed E-state index contributed by atoms with van der Waals surface area (Å²) in [6.45, 7) is 4.07. The minimum Gasteiger partial charge on any atom is -0.383 e. The van der Waals surface area contributed by atoms with E-state index in [0.29, 0.717) is 0 Å². The fraction of sp³-hybridized carbons (Fsp3) is 0.231. The molecule has 0 bridgehead atoms. The van der Waals surface area contributed by atoms with Gasteiger partial charge in [0.05, 0.1) is 4.88 Å². The topological polar surface area (TPSA) is 20.2 Å². The highest BCUT2D eigenvalue weighted by Crippen LogP contribution is 2.36. The van der Waals surface area contributed by atoms with E-state index in [2.05, 4.69) is 31.9 Å². The molecule has 0 spiro atoms. The summed E-state index contributed by atoms with van der Waals surface area (Å²) >= 11 is 8.59. The summed E-state index contributed by atoms with van der Waals surface area (Å²) in [6, 6.07) is 7.98. The van der Waals surface area contributed by atoms with E-state index in [1.54, 1.807) is 11.3 Å². The molecule has 1 aromatic carbocycles. The van der Waals surface area contributed by atoms with Crippen molar-refractivity contribution < 1.29 is 5.11 Å². The number of aliphatic hydroxyl groups excluding tert-OH is 1. The minimum atomic E-state index is -0.569. The molecule has 0 aliphatic rings. The number of hydrogen-bond donors (Lipinski definition) is 1. The molecule has 1 atom stereocenters. The molecule has 0 fully saturated rings. The van der Waals surface area contributed by atoms with Gasteiger partial charge in [-0.3, -0.25) is 0 Å². The predicted molar refractivity (Wildman–Crippen MR) is 79.7 cm³/mol. The molecule has 0 amide bonds. The number of thiophene rings is 1. The summed E-state index contributed by atoms with van der Waals surface area (Å²) in [4.78, 5) is 2.15. The first-order valence-corrected chi connectivity index (χ1v) is 7.59. The van der Waals surface area contributed by atoms with Crippen LogP contribution < -0.4 is 0 Å². The smallest absolute Gasteiger partial charge is 0.114 e. The van der Waals surface area contributed by atoms with Gasteiger partial charge in [-0.25, -0.2) is 0 Å². The van der Waals surface area contributed by atoms with Crippen LogP contribution in [0.15, 0.2) is 33.2 Å². The van der Waals surface area contributed by atoms with Gasteiger partial charge in [-0.2, -0.15) is 0 Å². The molecular formula is C13H12Br2OS. The van der Waals surface area contributed by atoms with Crippen LogP contribution in [0.1, 0.15) is 27.0 Å². The van der Waals surface area contributed by atoms with Crippen molar-refractivity contribution in [2.24, 2.45) is 0 Å². The summed E-state index contributed by atoms with van der Waals surface area (Å²) in [6.07, 6.45) is -0.569. The van der Waals surface area contributed by atoms with Crippen LogP contribution in [0.4, 0.5) is 0 Å². The fourth-order valence-electron chi connectivity index (χ4n) is 1.62. The van der Waals surface area contributed by atoms with Crippen LogP contribution in [-0.4, -0.2) is 5.11 Å². The van der Waals surface area contributed by atoms with Crippen molar-refractivity contribution in [3.8, 4) is 0 Å². The summed E-state index contributed by atoms with van der Waals surface area (Å²) < 4.78 is 2.00. The van der Waals surface area contributed by atoms with Crippen molar-refractivity contribution in [1.82, 2.24) is 0 Å². The van der Waals surface area contributed by atoms with Crippen LogP contribution in [0, 0.1) is 13.8 Å². The van der Waals surface area contributed by atoms with Crippen LogP contribution in [0.2, 0.25) is 0 Å². The molecule has 0 radical (unpaired) electrons. The number of aliphatic hydroxyl groups is 1. The lowest BCUT2D eigenvalue weighted by Crippen LogP contribution is -1.98. The second kappa shape index (κ2) is 5.22. The highest BCUT2D eigenvalue weighted by molar-refractivity contribution is 9.10. The highest BCUT2D eigenvalue weighted by atomic mass is 79.9.